The molecule has 6 aromatic rings. The Balaban J connectivity index is 1.28. The zero-order chi connectivity index (χ0) is 34.2. The molecule has 0 saturated heterocycles. The van der Waals surface area contributed by atoms with Gasteiger partial charge in [-0.1, -0.05) is 95.6 Å². The number of amides is 1. The lowest BCUT2D eigenvalue weighted by molar-refractivity contribution is -0.0746. The van der Waals surface area contributed by atoms with Crippen molar-refractivity contribution in [3.8, 4) is 0 Å². The lowest BCUT2D eigenvalue weighted by atomic mass is 9.62. The van der Waals surface area contributed by atoms with Crippen molar-refractivity contribution in [2.24, 2.45) is 5.16 Å². The van der Waals surface area contributed by atoms with Gasteiger partial charge in [0, 0.05) is 34.2 Å². The van der Waals surface area contributed by atoms with E-state index >= 15 is 0 Å². The molecule has 0 saturated carbocycles. The minimum atomic E-state index is -1.17. The number of fused-ring (bicyclic) bond motifs is 6. The van der Waals surface area contributed by atoms with E-state index in [1.807, 2.05) is 100 Å². The van der Waals surface area contributed by atoms with Gasteiger partial charge in [-0.25, -0.2) is 0 Å². The van der Waals surface area contributed by atoms with E-state index in [1.54, 1.807) is 0 Å². The molecule has 0 unspecified atom stereocenters. The van der Waals surface area contributed by atoms with Crippen LogP contribution in [-0.2, 0) is 23.1 Å². The van der Waals surface area contributed by atoms with Crippen LogP contribution in [0, 0.1) is 20.8 Å². The second-order valence-corrected chi connectivity index (χ2v) is 14.1. The average molecular weight is 656 g/mol. The summed E-state index contributed by atoms with van der Waals surface area (Å²) < 4.78 is 1.92. The molecule has 3 aliphatic rings. The topological polar surface area (TPSA) is 63.9 Å². The average Bonchev–Trinajstić information content (AvgIpc) is 3.78. The minimum Gasteiger partial charge on any atom is -0.365 e. The summed E-state index contributed by atoms with van der Waals surface area (Å²) in [7, 11) is 0. The molecule has 50 heavy (non-hydrogen) atoms. The highest BCUT2D eigenvalue weighted by Crippen LogP contribution is 2.62. The number of hydrogen-bond donors (Lipinski definition) is 0. The van der Waals surface area contributed by atoms with Gasteiger partial charge in [-0.2, -0.15) is 0 Å². The van der Waals surface area contributed by atoms with Crippen molar-refractivity contribution in [3.05, 3.63) is 172 Å². The number of aryl methyl sites for hydroxylation is 4. The molecule has 0 N–H and O–H groups in total. The quantitative estimate of drug-likeness (QED) is 0.191. The molecular formula is C44H37N3O3. The molecule has 2 spiro atoms. The SMILES string of the molecule is Cc1cc(C)c(C2=NO[C@]3(C2)N(C(=O)c2ccccc2)c2ccccc2[C@]32CCc3c(n(C(=O)c4ccccc4)c4ccccc34)C2)c(C)c1. The number of anilines is 1. The molecule has 2 aliphatic heterocycles. The molecule has 6 nitrogen and oxygen atoms in total. The van der Waals surface area contributed by atoms with Gasteiger partial charge in [0.2, 0.25) is 5.72 Å². The first-order valence-electron chi connectivity index (χ1n) is 17.4. The van der Waals surface area contributed by atoms with Crippen LogP contribution in [0.15, 0.2) is 126 Å². The first kappa shape index (κ1) is 30.3. The van der Waals surface area contributed by atoms with Crippen LogP contribution >= 0.6 is 0 Å². The lowest BCUT2D eigenvalue weighted by Gasteiger charge is -2.47. The summed E-state index contributed by atoms with van der Waals surface area (Å²) in [4.78, 5) is 38.2. The molecule has 5 aromatic carbocycles. The van der Waals surface area contributed by atoms with E-state index in [9.17, 15) is 9.59 Å². The number of aromatic nitrogens is 1. The summed E-state index contributed by atoms with van der Waals surface area (Å²) in [6, 6.07) is 39.7. The van der Waals surface area contributed by atoms with Gasteiger partial charge in [0.1, 0.15) is 0 Å². The van der Waals surface area contributed by atoms with Crippen molar-refractivity contribution >= 4 is 34.1 Å². The van der Waals surface area contributed by atoms with Crippen molar-refractivity contribution in [2.75, 3.05) is 4.90 Å². The van der Waals surface area contributed by atoms with E-state index in [4.69, 9.17) is 9.99 Å². The third-order valence-electron chi connectivity index (χ3n) is 11.3. The third-order valence-corrected chi connectivity index (χ3v) is 11.3. The van der Waals surface area contributed by atoms with Crippen LogP contribution in [0.25, 0.3) is 10.9 Å². The monoisotopic (exact) mass is 655 g/mol. The summed E-state index contributed by atoms with van der Waals surface area (Å²) in [6.45, 7) is 6.35. The van der Waals surface area contributed by atoms with Crippen molar-refractivity contribution in [1.82, 2.24) is 4.57 Å². The summed E-state index contributed by atoms with van der Waals surface area (Å²) >= 11 is 0. The van der Waals surface area contributed by atoms with Crippen LogP contribution in [0.5, 0.6) is 0 Å². The van der Waals surface area contributed by atoms with E-state index in [1.165, 1.54) is 11.1 Å². The molecule has 246 valence electrons. The van der Waals surface area contributed by atoms with Crippen LogP contribution in [0.2, 0.25) is 0 Å². The number of para-hydroxylation sites is 2. The molecule has 3 heterocycles. The second kappa shape index (κ2) is 11.1. The third kappa shape index (κ3) is 4.17. The molecule has 2 atom stereocenters. The van der Waals surface area contributed by atoms with Gasteiger partial charge >= 0.3 is 0 Å². The van der Waals surface area contributed by atoms with Crippen molar-refractivity contribution in [2.45, 2.75) is 57.6 Å². The Morgan fingerprint density at radius 2 is 1.34 bits per heavy atom. The highest BCUT2D eigenvalue weighted by Gasteiger charge is 2.69. The van der Waals surface area contributed by atoms with Gasteiger partial charge in [-0.3, -0.25) is 19.1 Å². The van der Waals surface area contributed by atoms with E-state index < -0.39 is 11.1 Å². The Hall–Kier alpha value is -5.75. The fourth-order valence-corrected chi connectivity index (χ4v) is 9.29. The van der Waals surface area contributed by atoms with Crippen molar-refractivity contribution in [3.63, 3.8) is 0 Å². The first-order chi connectivity index (χ1) is 24.3. The van der Waals surface area contributed by atoms with Crippen molar-refractivity contribution in [1.29, 1.82) is 0 Å². The maximum absolute atomic E-state index is 14.9. The molecule has 1 amide bonds. The predicted molar refractivity (Wildman–Crippen MR) is 197 cm³/mol. The summed E-state index contributed by atoms with van der Waals surface area (Å²) in [6.07, 6.45) is 2.35. The molecular weight excluding hydrogens is 619 g/mol. The zero-order valence-electron chi connectivity index (χ0n) is 28.4. The molecule has 1 aromatic heterocycles. The lowest BCUT2D eigenvalue weighted by Crippen LogP contribution is -2.62. The molecule has 9 rings (SSSR count). The molecule has 0 bridgehead atoms. The number of benzene rings is 5. The minimum absolute atomic E-state index is 0.0622. The van der Waals surface area contributed by atoms with Gasteiger partial charge in [-0.05, 0) is 92.3 Å². The maximum atomic E-state index is 14.9. The first-order valence-corrected chi connectivity index (χ1v) is 17.4. The number of nitrogens with zero attached hydrogens (tertiary/aromatic N) is 3. The largest absolute Gasteiger partial charge is 0.365 e. The van der Waals surface area contributed by atoms with Gasteiger partial charge < -0.3 is 4.84 Å². The van der Waals surface area contributed by atoms with Crippen LogP contribution in [-0.4, -0.2) is 27.8 Å². The molecule has 0 fully saturated rings. The normalized spacial score (nSPS) is 20.5. The van der Waals surface area contributed by atoms with Crippen LogP contribution in [0.4, 0.5) is 5.69 Å². The Morgan fingerprint density at radius 3 is 2.06 bits per heavy atom. The number of carbonyl (C=O) groups excluding carboxylic acids is 2. The molecule has 6 heteroatoms. The predicted octanol–water partition coefficient (Wildman–Crippen LogP) is 8.86. The van der Waals surface area contributed by atoms with E-state index in [2.05, 4.69) is 51.1 Å². The van der Waals surface area contributed by atoms with E-state index in [0.717, 1.165) is 63.1 Å². The van der Waals surface area contributed by atoms with Gasteiger partial charge in [-0.15, -0.1) is 0 Å². The fourth-order valence-electron chi connectivity index (χ4n) is 9.29. The van der Waals surface area contributed by atoms with Crippen LogP contribution < -0.4 is 4.90 Å². The summed E-state index contributed by atoms with van der Waals surface area (Å²) in [5.41, 5.74) is 9.63. The molecule has 0 radical (unpaired) electrons. The Morgan fingerprint density at radius 1 is 0.720 bits per heavy atom. The highest BCUT2D eigenvalue weighted by atomic mass is 16.7. The summed E-state index contributed by atoms with van der Waals surface area (Å²) in [5.74, 6) is -0.191. The number of oxime groups is 1. The Labute approximate surface area is 291 Å². The zero-order valence-corrected chi connectivity index (χ0v) is 28.4. The van der Waals surface area contributed by atoms with Gasteiger partial charge in [0.15, 0.2) is 0 Å². The maximum Gasteiger partial charge on any atom is 0.262 e. The Kier molecular flexibility index (Phi) is 6.75. The number of hydrogen-bond acceptors (Lipinski definition) is 4. The van der Waals surface area contributed by atoms with Crippen LogP contribution in [0.1, 0.15) is 72.6 Å². The second-order valence-electron chi connectivity index (χ2n) is 14.1. The highest BCUT2D eigenvalue weighted by molar-refractivity contribution is 6.12. The van der Waals surface area contributed by atoms with Gasteiger partial charge in [0.25, 0.3) is 11.8 Å². The van der Waals surface area contributed by atoms with Crippen LogP contribution in [0.3, 0.4) is 0 Å². The number of carbonyl (C=O) groups is 2. The van der Waals surface area contributed by atoms with Gasteiger partial charge in [0.05, 0.1) is 28.8 Å². The fraction of sp³-hybridized carbons (Fsp3) is 0.205. The standard InChI is InChI=1S/C44H37N3O3/c1-28-24-29(2)40(30(3)25-28)36-26-44(50-45-36)43(35-19-11-13-21-38(35)47(44)42(49)32-16-8-5-9-17-32)23-22-34-33-18-10-12-20-37(33)46(39(34)27-43)41(48)31-14-6-4-7-15-31/h4-21,24-25H,22-23,26-27H2,1-3H3/t43-,44+/m1/s1. The Bertz CT molecular complexity index is 2370. The number of rotatable bonds is 3. The molecule has 1 aliphatic carbocycles. The summed E-state index contributed by atoms with van der Waals surface area (Å²) in [5, 5.41) is 6.00. The van der Waals surface area contributed by atoms with E-state index in [-0.39, 0.29) is 11.8 Å². The van der Waals surface area contributed by atoms with Crippen molar-refractivity contribution < 1.29 is 14.4 Å². The smallest absolute Gasteiger partial charge is 0.262 e. The van der Waals surface area contributed by atoms with E-state index in [0.29, 0.717) is 24.0 Å².